The van der Waals surface area contributed by atoms with Crippen LogP contribution in [0.25, 0.3) is 11.1 Å². The number of amides is 2. The zero-order chi connectivity index (χ0) is 24.4. The molecule has 7 heteroatoms. The van der Waals surface area contributed by atoms with Crippen molar-refractivity contribution >= 4 is 18.0 Å². The van der Waals surface area contributed by atoms with Gasteiger partial charge in [0.05, 0.1) is 0 Å². The molecular weight excluding hydrogens is 444 g/mol. The summed E-state index contributed by atoms with van der Waals surface area (Å²) in [6, 6.07) is 15.8. The molecule has 2 fully saturated rings. The van der Waals surface area contributed by atoms with E-state index in [-0.39, 0.29) is 30.3 Å². The molecule has 5 rings (SSSR count). The SMILES string of the molecule is O=C(NCC1CCCC(C(=O)N2CCCC2C(=O)O)C1)OCC1c2ccccc2-c2ccccc21. The van der Waals surface area contributed by atoms with Gasteiger partial charge >= 0.3 is 12.1 Å². The van der Waals surface area contributed by atoms with Gasteiger partial charge in [0.1, 0.15) is 12.6 Å². The van der Waals surface area contributed by atoms with Gasteiger partial charge in [0, 0.05) is 24.9 Å². The first kappa shape index (κ1) is 23.4. The fraction of sp³-hybridized carbons (Fsp3) is 0.464. The molecular formula is C28H32N2O5. The van der Waals surface area contributed by atoms with Crippen molar-refractivity contribution in [3.05, 3.63) is 59.7 Å². The number of ether oxygens (including phenoxy) is 1. The molecule has 1 aliphatic heterocycles. The first-order valence-corrected chi connectivity index (χ1v) is 12.6. The molecule has 2 aliphatic carbocycles. The lowest BCUT2D eigenvalue weighted by Crippen LogP contribution is -2.45. The zero-order valence-corrected chi connectivity index (χ0v) is 19.8. The van der Waals surface area contributed by atoms with E-state index >= 15 is 0 Å². The Labute approximate surface area is 205 Å². The Balaban J connectivity index is 1.13. The average molecular weight is 477 g/mol. The second kappa shape index (κ2) is 10.1. The molecule has 3 aliphatic rings. The number of hydrogen-bond acceptors (Lipinski definition) is 4. The summed E-state index contributed by atoms with van der Waals surface area (Å²) in [6.45, 7) is 1.26. The highest BCUT2D eigenvalue weighted by Crippen LogP contribution is 2.44. The minimum absolute atomic E-state index is 0.0208. The number of benzene rings is 2. The number of hydrogen-bond donors (Lipinski definition) is 2. The summed E-state index contributed by atoms with van der Waals surface area (Å²) in [7, 11) is 0. The lowest BCUT2D eigenvalue weighted by atomic mass is 9.80. The van der Waals surface area contributed by atoms with Crippen LogP contribution in [0.15, 0.2) is 48.5 Å². The van der Waals surface area contributed by atoms with Crippen LogP contribution in [-0.4, -0.2) is 53.7 Å². The van der Waals surface area contributed by atoms with Gasteiger partial charge in [0.15, 0.2) is 0 Å². The van der Waals surface area contributed by atoms with Gasteiger partial charge in [0.2, 0.25) is 5.91 Å². The number of aliphatic carboxylic acids is 1. The van der Waals surface area contributed by atoms with E-state index in [1.165, 1.54) is 22.3 Å². The van der Waals surface area contributed by atoms with Gasteiger partial charge in [-0.3, -0.25) is 4.79 Å². The predicted octanol–water partition coefficient (Wildman–Crippen LogP) is 4.41. The number of carbonyl (C=O) groups is 3. The maximum atomic E-state index is 13.0. The summed E-state index contributed by atoms with van der Waals surface area (Å²) >= 11 is 0. The normalized spacial score (nSPS) is 23.4. The third kappa shape index (κ3) is 4.77. The van der Waals surface area contributed by atoms with Crippen molar-refractivity contribution in [1.29, 1.82) is 0 Å². The van der Waals surface area contributed by atoms with Gasteiger partial charge < -0.3 is 20.1 Å². The van der Waals surface area contributed by atoms with Gasteiger partial charge in [-0.2, -0.15) is 0 Å². The summed E-state index contributed by atoms with van der Waals surface area (Å²) in [5.74, 6) is -0.921. The van der Waals surface area contributed by atoms with E-state index in [1.54, 1.807) is 4.90 Å². The molecule has 2 N–H and O–H groups in total. The second-order valence-electron chi connectivity index (χ2n) is 9.96. The Morgan fingerprint density at radius 1 is 0.943 bits per heavy atom. The van der Waals surface area contributed by atoms with E-state index in [4.69, 9.17) is 4.74 Å². The highest BCUT2D eigenvalue weighted by Gasteiger charge is 2.38. The van der Waals surface area contributed by atoms with Crippen LogP contribution in [0, 0.1) is 11.8 Å². The summed E-state index contributed by atoms with van der Waals surface area (Å²) in [5, 5.41) is 12.3. The molecule has 0 radical (unpaired) electrons. The summed E-state index contributed by atoms with van der Waals surface area (Å²) in [6.07, 6.45) is 4.12. The largest absolute Gasteiger partial charge is 0.480 e. The average Bonchev–Trinajstić information content (AvgIpc) is 3.50. The molecule has 1 saturated carbocycles. The Kier molecular flexibility index (Phi) is 6.75. The number of rotatable bonds is 6. The molecule has 2 aromatic carbocycles. The Bertz CT molecular complexity index is 1070. The number of nitrogens with zero attached hydrogens (tertiary/aromatic N) is 1. The van der Waals surface area contributed by atoms with Crippen molar-refractivity contribution in [2.75, 3.05) is 19.7 Å². The van der Waals surface area contributed by atoms with Crippen molar-refractivity contribution in [2.45, 2.75) is 50.5 Å². The molecule has 2 amide bonds. The van der Waals surface area contributed by atoms with Crippen LogP contribution < -0.4 is 5.32 Å². The first-order valence-electron chi connectivity index (χ1n) is 12.6. The van der Waals surface area contributed by atoms with Crippen molar-refractivity contribution in [3.63, 3.8) is 0 Å². The van der Waals surface area contributed by atoms with E-state index in [9.17, 15) is 19.5 Å². The van der Waals surface area contributed by atoms with Gasteiger partial charge in [-0.1, -0.05) is 55.0 Å². The van der Waals surface area contributed by atoms with Crippen LogP contribution >= 0.6 is 0 Å². The van der Waals surface area contributed by atoms with Crippen molar-refractivity contribution < 1.29 is 24.2 Å². The predicted molar refractivity (Wildman–Crippen MR) is 131 cm³/mol. The first-order chi connectivity index (χ1) is 17.0. The van der Waals surface area contributed by atoms with Crippen molar-refractivity contribution in [2.24, 2.45) is 11.8 Å². The lowest BCUT2D eigenvalue weighted by Gasteiger charge is -2.32. The Morgan fingerprint density at radius 2 is 1.63 bits per heavy atom. The Hall–Kier alpha value is -3.35. The standard InChI is InChI=1S/C28H32N2O5/c31-26(30-14-6-13-25(30)27(32)33)19-8-5-7-18(15-19)16-29-28(34)35-17-24-22-11-3-1-9-20(22)21-10-2-4-12-23(21)24/h1-4,9-12,18-19,24-25H,5-8,13-17H2,(H,29,34)(H,32,33). The van der Waals surface area contributed by atoms with Crippen LogP contribution in [0.3, 0.4) is 0 Å². The quantitative estimate of drug-likeness (QED) is 0.644. The molecule has 7 nitrogen and oxygen atoms in total. The van der Waals surface area contributed by atoms with Gasteiger partial charge in [-0.05, 0) is 60.3 Å². The number of carboxylic acid groups (broad SMARTS) is 1. The summed E-state index contributed by atoms with van der Waals surface area (Å²) < 4.78 is 5.64. The molecule has 35 heavy (non-hydrogen) atoms. The molecule has 2 aromatic rings. The van der Waals surface area contributed by atoms with Crippen LogP contribution in [0.1, 0.15) is 55.6 Å². The minimum atomic E-state index is -0.917. The minimum Gasteiger partial charge on any atom is -0.480 e. The van der Waals surface area contributed by atoms with E-state index < -0.39 is 18.1 Å². The molecule has 184 valence electrons. The monoisotopic (exact) mass is 476 g/mol. The van der Waals surface area contributed by atoms with Crippen LogP contribution in [-0.2, 0) is 14.3 Å². The number of alkyl carbamates (subject to hydrolysis) is 1. The topological polar surface area (TPSA) is 95.9 Å². The number of carboxylic acids is 1. The lowest BCUT2D eigenvalue weighted by molar-refractivity contribution is -0.150. The molecule has 3 unspecified atom stereocenters. The zero-order valence-electron chi connectivity index (χ0n) is 19.8. The van der Waals surface area contributed by atoms with Crippen LogP contribution in [0.5, 0.6) is 0 Å². The Morgan fingerprint density at radius 3 is 2.31 bits per heavy atom. The van der Waals surface area contributed by atoms with Gasteiger partial charge in [0.25, 0.3) is 0 Å². The van der Waals surface area contributed by atoms with Crippen molar-refractivity contribution in [3.8, 4) is 11.1 Å². The third-order valence-corrected chi connectivity index (χ3v) is 7.83. The van der Waals surface area contributed by atoms with E-state index in [0.717, 1.165) is 25.7 Å². The highest BCUT2D eigenvalue weighted by molar-refractivity contribution is 5.85. The molecule has 0 aromatic heterocycles. The number of nitrogens with one attached hydrogen (secondary N) is 1. The third-order valence-electron chi connectivity index (χ3n) is 7.83. The van der Waals surface area contributed by atoms with E-state index in [1.807, 2.05) is 24.3 Å². The second-order valence-corrected chi connectivity index (χ2v) is 9.96. The summed E-state index contributed by atoms with van der Waals surface area (Å²) in [4.78, 5) is 38.6. The van der Waals surface area contributed by atoms with Crippen LogP contribution in [0.4, 0.5) is 4.79 Å². The number of fused-ring (bicyclic) bond motifs is 3. The fourth-order valence-corrected chi connectivity index (χ4v) is 6.10. The van der Waals surface area contributed by atoms with E-state index in [2.05, 4.69) is 29.6 Å². The maximum Gasteiger partial charge on any atom is 0.407 e. The fourth-order valence-electron chi connectivity index (χ4n) is 6.10. The maximum absolute atomic E-state index is 13.0. The molecule has 0 spiro atoms. The molecule has 1 heterocycles. The molecule has 0 bridgehead atoms. The van der Waals surface area contributed by atoms with Gasteiger partial charge in [-0.25, -0.2) is 9.59 Å². The van der Waals surface area contributed by atoms with E-state index in [0.29, 0.717) is 25.9 Å². The molecule has 1 saturated heterocycles. The number of carbonyl (C=O) groups excluding carboxylic acids is 2. The van der Waals surface area contributed by atoms with Crippen molar-refractivity contribution in [1.82, 2.24) is 10.2 Å². The van der Waals surface area contributed by atoms with Gasteiger partial charge in [-0.15, -0.1) is 0 Å². The summed E-state index contributed by atoms with van der Waals surface area (Å²) in [5.41, 5.74) is 4.74. The smallest absolute Gasteiger partial charge is 0.407 e. The van der Waals surface area contributed by atoms with Crippen LogP contribution in [0.2, 0.25) is 0 Å². The number of likely N-dealkylation sites (tertiary alicyclic amines) is 1. The highest BCUT2D eigenvalue weighted by atomic mass is 16.5. The molecule has 3 atom stereocenters.